The largest absolute Gasteiger partial charge is 0.423 e. The molecular formula is C14H22O2Si. The number of benzene rings is 1. The number of hydrogen-bond donors (Lipinski definition) is 0. The Bertz CT molecular complexity index is 339. The molecule has 94 valence electrons. The Morgan fingerprint density at radius 2 is 2.18 bits per heavy atom. The van der Waals surface area contributed by atoms with Crippen LogP contribution in [0, 0.1) is 0 Å². The van der Waals surface area contributed by atoms with E-state index in [9.17, 15) is 0 Å². The lowest BCUT2D eigenvalue weighted by Gasteiger charge is -2.11. The monoisotopic (exact) mass is 250 g/mol. The van der Waals surface area contributed by atoms with Crippen molar-refractivity contribution < 1.29 is 9.16 Å². The summed E-state index contributed by atoms with van der Waals surface area (Å²) in [6.07, 6.45) is 2.87. The minimum atomic E-state index is -0.461. The van der Waals surface area contributed by atoms with E-state index in [2.05, 4.69) is 31.7 Å². The lowest BCUT2D eigenvalue weighted by Crippen LogP contribution is -2.12. The summed E-state index contributed by atoms with van der Waals surface area (Å²) in [6, 6.07) is 8.33. The molecule has 0 heterocycles. The van der Waals surface area contributed by atoms with Gasteiger partial charge in [-0.2, -0.15) is 0 Å². The maximum absolute atomic E-state index is 5.78. The Hall–Kier alpha value is -0.903. The van der Waals surface area contributed by atoms with E-state index >= 15 is 0 Å². The third kappa shape index (κ3) is 5.30. The number of hydrogen-bond acceptors (Lipinski definition) is 2. The summed E-state index contributed by atoms with van der Waals surface area (Å²) >= 11 is 0. The summed E-state index contributed by atoms with van der Waals surface area (Å²) in [5, 5.41) is 0. The third-order valence-corrected chi connectivity index (χ3v) is 3.97. The fourth-order valence-corrected chi connectivity index (χ4v) is 2.81. The Morgan fingerprint density at radius 3 is 2.88 bits per heavy atom. The van der Waals surface area contributed by atoms with E-state index in [0.29, 0.717) is 5.54 Å². The molecule has 0 N–H and O–H groups in total. The van der Waals surface area contributed by atoms with Gasteiger partial charge in [0.15, 0.2) is 9.76 Å². The SMILES string of the molecule is C=Cc1ccccc1CCO[SiH2]C(C)COC. The molecular weight excluding hydrogens is 228 g/mol. The average molecular weight is 250 g/mol. The van der Waals surface area contributed by atoms with E-state index in [-0.39, 0.29) is 0 Å². The predicted molar refractivity (Wildman–Crippen MR) is 76.0 cm³/mol. The molecule has 1 atom stereocenters. The van der Waals surface area contributed by atoms with Crippen molar-refractivity contribution in [3.05, 3.63) is 42.0 Å². The van der Waals surface area contributed by atoms with Crippen molar-refractivity contribution in [3.8, 4) is 0 Å². The van der Waals surface area contributed by atoms with E-state index in [1.165, 1.54) is 11.1 Å². The van der Waals surface area contributed by atoms with Crippen molar-refractivity contribution in [1.82, 2.24) is 0 Å². The predicted octanol–water partition coefficient (Wildman–Crippen LogP) is 2.43. The van der Waals surface area contributed by atoms with Gasteiger partial charge in [-0.3, -0.25) is 0 Å². The van der Waals surface area contributed by atoms with E-state index in [1.54, 1.807) is 7.11 Å². The lowest BCUT2D eigenvalue weighted by atomic mass is 10.1. The van der Waals surface area contributed by atoms with Crippen molar-refractivity contribution in [2.45, 2.75) is 18.9 Å². The Kier molecular flexibility index (Phi) is 6.85. The molecule has 1 aromatic rings. The maximum Gasteiger partial charge on any atom is 0.166 e. The zero-order valence-electron chi connectivity index (χ0n) is 10.8. The highest BCUT2D eigenvalue weighted by atomic mass is 28.2. The number of methoxy groups -OCH3 is 1. The number of rotatable bonds is 8. The molecule has 0 fully saturated rings. The van der Waals surface area contributed by atoms with Gasteiger partial charge in [-0.05, 0) is 23.1 Å². The first-order valence-corrected chi connectivity index (χ1v) is 7.44. The highest BCUT2D eigenvalue weighted by Gasteiger charge is 2.03. The van der Waals surface area contributed by atoms with E-state index < -0.39 is 9.76 Å². The molecule has 2 nitrogen and oxygen atoms in total. The first-order valence-electron chi connectivity index (χ1n) is 6.05. The third-order valence-electron chi connectivity index (χ3n) is 2.64. The van der Waals surface area contributed by atoms with Gasteiger partial charge >= 0.3 is 0 Å². The molecule has 0 aromatic heterocycles. The molecule has 0 aliphatic heterocycles. The van der Waals surface area contributed by atoms with Gasteiger partial charge in [0.05, 0.1) is 0 Å². The molecule has 0 radical (unpaired) electrons. The molecule has 0 saturated carbocycles. The minimum Gasteiger partial charge on any atom is -0.423 e. The normalized spacial score (nSPS) is 13.1. The van der Waals surface area contributed by atoms with Crippen LogP contribution in [0.1, 0.15) is 18.1 Å². The molecule has 0 amide bonds. The van der Waals surface area contributed by atoms with Crippen LogP contribution in [0.4, 0.5) is 0 Å². The van der Waals surface area contributed by atoms with E-state index in [4.69, 9.17) is 9.16 Å². The second-order valence-corrected chi connectivity index (χ2v) is 6.42. The molecule has 1 rings (SSSR count). The van der Waals surface area contributed by atoms with Crippen molar-refractivity contribution in [2.75, 3.05) is 20.3 Å². The summed E-state index contributed by atoms with van der Waals surface area (Å²) < 4.78 is 10.9. The summed E-state index contributed by atoms with van der Waals surface area (Å²) in [6.45, 7) is 7.64. The van der Waals surface area contributed by atoms with Crippen LogP contribution in [-0.2, 0) is 15.6 Å². The van der Waals surface area contributed by atoms with Gasteiger partial charge in [-0.15, -0.1) is 0 Å². The first-order chi connectivity index (χ1) is 8.27. The topological polar surface area (TPSA) is 18.5 Å². The fourth-order valence-electron chi connectivity index (χ4n) is 1.76. The molecule has 1 aromatic carbocycles. The van der Waals surface area contributed by atoms with Crippen molar-refractivity contribution in [3.63, 3.8) is 0 Å². The maximum atomic E-state index is 5.78. The summed E-state index contributed by atoms with van der Waals surface area (Å²) in [5.41, 5.74) is 3.12. The number of ether oxygens (including phenoxy) is 1. The zero-order chi connectivity index (χ0) is 12.5. The van der Waals surface area contributed by atoms with Gasteiger partial charge in [-0.1, -0.05) is 43.8 Å². The second-order valence-electron chi connectivity index (χ2n) is 4.29. The average Bonchev–Trinajstić information content (AvgIpc) is 2.35. The highest BCUT2D eigenvalue weighted by Crippen LogP contribution is 2.11. The van der Waals surface area contributed by atoms with Crippen LogP contribution in [0.5, 0.6) is 0 Å². The Morgan fingerprint density at radius 1 is 1.41 bits per heavy atom. The minimum absolute atomic E-state index is 0.461. The molecule has 17 heavy (non-hydrogen) atoms. The summed E-state index contributed by atoms with van der Waals surface area (Å²) in [5.74, 6) is 0. The first kappa shape index (κ1) is 14.2. The van der Waals surface area contributed by atoms with Crippen LogP contribution in [0.15, 0.2) is 30.8 Å². The Balaban J connectivity index is 2.28. The van der Waals surface area contributed by atoms with Gasteiger partial charge < -0.3 is 9.16 Å². The van der Waals surface area contributed by atoms with Gasteiger partial charge in [0, 0.05) is 20.3 Å². The van der Waals surface area contributed by atoms with Gasteiger partial charge in [0.1, 0.15) is 0 Å². The molecule has 3 heteroatoms. The van der Waals surface area contributed by atoms with Gasteiger partial charge in [0.25, 0.3) is 0 Å². The summed E-state index contributed by atoms with van der Waals surface area (Å²) in [7, 11) is 1.28. The molecule has 0 bridgehead atoms. The molecule has 0 saturated heterocycles. The summed E-state index contributed by atoms with van der Waals surface area (Å²) in [4.78, 5) is 0. The lowest BCUT2D eigenvalue weighted by molar-refractivity contribution is 0.192. The van der Waals surface area contributed by atoms with E-state index in [1.807, 2.05) is 12.1 Å². The van der Waals surface area contributed by atoms with Crippen LogP contribution in [0.25, 0.3) is 6.08 Å². The van der Waals surface area contributed by atoms with Crippen molar-refractivity contribution in [1.29, 1.82) is 0 Å². The Labute approximate surface area is 107 Å². The highest BCUT2D eigenvalue weighted by molar-refractivity contribution is 6.29. The van der Waals surface area contributed by atoms with Gasteiger partial charge in [0.2, 0.25) is 0 Å². The van der Waals surface area contributed by atoms with Gasteiger partial charge in [-0.25, -0.2) is 0 Å². The van der Waals surface area contributed by atoms with Crippen LogP contribution >= 0.6 is 0 Å². The van der Waals surface area contributed by atoms with Crippen molar-refractivity contribution >= 4 is 15.8 Å². The molecule has 0 aliphatic rings. The standard InChI is InChI=1S/C14H22O2Si/c1-4-13-7-5-6-8-14(13)9-10-16-17-12(2)11-15-3/h4-8,12H,1,9-11,17H2,2-3H3. The van der Waals surface area contributed by atoms with Crippen molar-refractivity contribution in [2.24, 2.45) is 0 Å². The van der Waals surface area contributed by atoms with E-state index in [0.717, 1.165) is 19.6 Å². The molecule has 1 unspecified atom stereocenters. The fraction of sp³-hybridized carbons (Fsp3) is 0.429. The van der Waals surface area contributed by atoms with Crippen LogP contribution < -0.4 is 0 Å². The zero-order valence-corrected chi connectivity index (χ0v) is 12.2. The smallest absolute Gasteiger partial charge is 0.166 e. The quantitative estimate of drug-likeness (QED) is 0.521. The van der Waals surface area contributed by atoms with Crippen LogP contribution in [0.3, 0.4) is 0 Å². The molecule has 0 spiro atoms. The second kappa shape index (κ2) is 8.23. The molecule has 0 aliphatic carbocycles. The van der Waals surface area contributed by atoms with Crippen LogP contribution in [-0.4, -0.2) is 30.1 Å². The van der Waals surface area contributed by atoms with Crippen LogP contribution in [0.2, 0.25) is 5.54 Å².